The molecule has 1 aromatic rings. The molecule has 0 aliphatic carbocycles. The van der Waals surface area contributed by atoms with E-state index in [-0.39, 0.29) is 17.5 Å². The summed E-state index contributed by atoms with van der Waals surface area (Å²) in [5.41, 5.74) is 5.46. The first-order valence-corrected chi connectivity index (χ1v) is 6.88. The van der Waals surface area contributed by atoms with E-state index in [1.165, 1.54) is 6.26 Å². The number of nitrogens with zero attached hydrogens (tertiary/aromatic N) is 2. The number of hydrogen-bond donors (Lipinski definition) is 1. The van der Waals surface area contributed by atoms with Crippen LogP contribution in [0.3, 0.4) is 0 Å². The Labute approximate surface area is 94.1 Å². The van der Waals surface area contributed by atoms with Crippen LogP contribution in [0.15, 0.2) is 6.20 Å². The molecule has 0 amide bonds. The zero-order valence-electron chi connectivity index (χ0n) is 8.64. The smallest absolute Gasteiger partial charge is 0.164 e. The van der Waals surface area contributed by atoms with Gasteiger partial charge in [0, 0.05) is 19.0 Å². The third kappa shape index (κ3) is 4.09. The molecule has 0 aliphatic heterocycles. The van der Waals surface area contributed by atoms with Gasteiger partial charge in [-0.3, -0.25) is 4.68 Å². The second-order valence-corrected chi connectivity index (χ2v) is 6.37. The molecule has 2 N–H and O–H groups in total. The molecule has 0 saturated heterocycles. The topological polar surface area (TPSA) is 78.0 Å². The van der Waals surface area contributed by atoms with Gasteiger partial charge in [0.05, 0.1) is 5.75 Å². The molecule has 1 heterocycles. The second kappa shape index (κ2) is 4.40. The highest BCUT2D eigenvalue weighted by atomic mass is 35.5. The highest BCUT2D eigenvalue weighted by molar-refractivity contribution is 7.90. The van der Waals surface area contributed by atoms with E-state index in [9.17, 15) is 8.42 Å². The summed E-state index contributed by atoms with van der Waals surface area (Å²) in [4.78, 5) is 0. The van der Waals surface area contributed by atoms with Crippen molar-refractivity contribution in [1.29, 1.82) is 0 Å². The van der Waals surface area contributed by atoms with Gasteiger partial charge in [0.2, 0.25) is 0 Å². The van der Waals surface area contributed by atoms with Crippen molar-refractivity contribution in [3.05, 3.63) is 11.2 Å². The van der Waals surface area contributed by atoms with Gasteiger partial charge in [-0.25, -0.2) is 8.42 Å². The van der Waals surface area contributed by atoms with Crippen LogP contribution in [0.2, 0.25) is 5.02 Å². The van der Waals surface area contributed by atoms with Crippen LogP contribution in [0, 0.1) is 5.92 Å². The van der Waals surface area contributed by atoms with Gasteiger partial charge in [-0.15, -0.1) is 0 Å². The van der Waals surface area contributed by atoms with Crippen molar-refractivity contribution in [3.63, 3.8) is 0 Å². The van der Waals surface area contributed by atoms with Crippen molar-refractivity contribution >= 4 is 27.3 Å². The Bertz CT molecular complexity index is 421. The van der Waals surface area contributed by atoms with Crippen LogP contribution in [-0.4, -0.2) is 30.2 Å². The molecule has 0 fully saturated rings. The Balaban J connectivity index is 2.63. The lowest BCUT2D eigenvalue weighted by molar-refractivity contribution is 0.479. The zero-order valence-corrected chi connectivity index (χ0v) is 10.2. The predicted molar refractivity (Wildman–Crippen MR) is 60.5 cm³/mol. The molecule has 15 heavy (non-hydrogen) atoms. The van der Waals surface area contributed by atoms with Crippen molar-refractivity contribution in [2.75, 3.05) is 17.7 Å². The molecule has 0 aromatic carbocycles. The van der Waals surface area contributed by atoms with Crippen molar-refractivity contribution in [2.24, 2.45) is 5.92 Å². The summed E-state index contributed by atoms with van der Waals surface area (Å²) in [5.74, 6) is 0.378. The largest absolute Gasteiger partial charge is 0.381 e. The number of halogens is 1. The van der Waals surface area contributed by atoms with Gasteiger partial charge in [-0.2, -0.15) is 5.10 Å². The number of nitrogens with two attached hydrogens (primary N) is 1. The van der Waals surface area contributed by atoms with Crippen LogP contribution in [0.5, 0.6) is 0 Å². The van der Waals surface area contributed by atoms with Gasteiger partial charge >= 0.3 is 0 Å². The molecule has 5 nitrogen and oxygen atoms in total. The van der Waals surface area contributed by atoms with E-state index in [0.717, 1.165) is 0 Å². The lowest BCUT2D eigenvalue weighted by Crippen LogP contribution is -2.17. The monoisotopic (exact) mass is 251 g/mol. The molecule has 0 spiro atoms. The van der Waals surface area contributed by atoms with E-state index < -0.39 is 9.84 Å². The summed E-state index contributed by atoms with van der Waals surface area (Å²) in [6.45, 7) is 2.33. The van der Waals surface area contributed by atoms with E-state index in [4.69, 9.17) is 17.3 Å². The summed E-state index contributed by atoms with van der Waals surface area (Å²) in [7, 11) is -2.95. The Morgan fingerprint density at radius 2 is 2.27 bits per heavy atom. The molecular formula is C8H14ClN3O2S. The quantitative estimate of drug-likeness (QED) is 0.859. The summed E-state index contributed by atoms with van der Waals surface area (Å²) in [5, 5.41) is 4.34. The lowest BCUT2D eigenvalue weighted by Gasteiger charge is -2.09. The maximum Gasteiger partial charge on any atom is 0.164 e. The first-order valence-electron chi connectivity index (χ1n) is 4.44. The molecule has 1 atom stereocenters. The first kappa shape index (κ1) is 12.3. The zero-order chi connectivity index (χ0) is 11.6. The average Bonchev–Trinajstić information content (AvgIpc) is 2.26. The normalized spacial score (nSPS) is 14.1. The fourth-order valence-electron chi connectivity index (χ4n) is 1.39. The first-order chi connectivity index (χ1) is 6.78. The number of nitrogen functional groups attached to an aromatic ring is 1. The average molecular weight is 252 g/mol. The van der Waals surface area contributed by atoms with Crippen molar-refractivity contribution in [1.82, 2.24) is 9.78 Å². The minimum Gasteiger partial charge on any atom is -0.381 e. The van der Waals surface area contributed by atoms with Crippen molar-refractivity contribution in [2.45, 2.75) is 13.5 Å². The summed E-state index contributed by atoms with van der Waals surface area (Å²) in [6.07, 6.45) is 2.81. The Kier molecular flexibility index (Phi) is 3.62. The number of sulfone groups is 1. The van der Waals surface area contributed by atoms with Crippen LogP contribution in [0.4, 0.5) is 5.82 Å². The molecule has 1 unspecified atom stereocenters. The highest BCUT2D eigenvalue weighted by Gasteiger charge is 2.12. The molecule has 1 aromatic heterocycles. The van der Waals surface area contributed by atoms with E-state index in [0.29, 0.717) is 11.6 Å². The minimum atomic E-state index is -2.95. The van der Waals surface area contributed by atoms with Crippen molar-refractivity contribution < 1.29 is 8.42 Å². The SMILES string of the molecule is CC(Cn1cc(Cl)c(N)n1)CS(C)(=O)=O. The Morgan fingerprint density at radius 3 is 2.67 bits per heavy atom. The van der Waals surface area contributed by atoms with Crippen molar-refractivity contribution in [3.8, 4) is 0 Å². The standard InChI is InChI=1S/C8H14ClN3O2S/c1-6(5-15(2,13)14)3-12-4-7(9)8(10)11-12/h4,6H,3,5H2,1-2H3,(H2,10,11). The van der Waals surface area contributed by atoms with E-state index in [1.807, 2.05) is 6.92 Å². The third-order valence-corrected chi connectivity index (χ3v) is 3.29. The van der Waals surface area contributed by atoms with Crippen LogP contribution >= 0.6 is 11.6 Å². The van der Waals surface area contributed by atoms with Gasteiger partial charge < -0.3 is 5.73 Å². The molecule has 0 radical (unpaired) electrons. The molecular weight excluding hydrogens is 238 g/mol. The molecule has 1 rings (SSSR count). The Hall–Kier alpha value is -0.750. The fraction of sp³-hybridized carbons (Fsp3) is 0.625. The molecule has 7 heteroatoms. The Morgan fingerprint density at radius 1 is 1.67 bits per heavy atom. The number of anilines is 1. The van der Waals surface area contributed by atoms with Gasteiger partial charge in [0.15, 0.2) is 5.82 Å². The summed E-state index contributed by atoms with van der Waals surface area (Å²) < 4.78 is 23.6. The van der Waals surface area contributed by atoms with Gasteiger partial charge in [0.1, 0.15) is 14.9 Å². The van der Waals surface area contributed by atoms with Gasteiger partial charge in [-0.05, 0) is 5.92 Å². The second-order valence-electron chi connectivity index (χ2n) is 3.78. The lowest BCUT2D eigenvalue weighted by atomic mass is 10.2. The third-order valence-electron chi connectivity index (χ3n) is 1.83. The number of hydrogen-bond acceptors (Lipinski definition) is 4. The maximum atomic E-state index is 11.0. The number of rotatable bonds is 4. The summed E-state index contributed by atoms with van der Waals surface area (Å²) >= 11 is 5.72. The maximum absolute atomic E-state index is 11.0. The van der Waals surface area contributed by atoms with E-state index in [1.54, 1.807) is 10.9 Å². The minimum absolute atomic E-state index is 0.0182. The molecule has 0 saturated carbocycles. The van der Waals surface area contributed by atoms with Gasteiger partial charge in [-0.1, -0.05) is 18.5 Å². The van der Waals surface area contributed by atoms with Crippen LogP contribution < -0.4 is 5.73 Å². The van der Waals surface area contributed by atoms with Crippen LogP contribution in [-0.2, 0) is 16.4 Å². The number of aromatic nitrogens is 2. The molecule has 0 bridgehead atoms. The predicted octanol–water partition coefficient (Wildman–Crippen LogP) is 0.799. The van der Waals surface area contributed by atoms with Crippen LogP contribution in [0.1, 0.15) is 6.92 Å². The van der Waals surface area contributed by atoms with E-state index >= 15 is 0 Å². The van der Waals surface area contributed by atoms with Crippen LogP contribution in [0.25, 0.3) is 0 Å². The molecule has 0 aliphatic rings. The highest BCUT2D eigenvalue weighted by Crippen LogP contribution is 2.16. The fourth-order valence-corrected chi connectivity index (χ4v) is 2.68. The summed E-state index contributed by atoms with van der Waals surface area (Å²) in [6, 6.07) is 0. The van der Waals surface area contributed by atoms with E-state index in [2.05, 4.69) is 5.10 Å². The van der Waals surface area contributed by atoms with Gasteiger partial charge in [0.25, 0.3) is 0 Å². The molecule has 86 valence electrons.